The molecule has 0 fully saturated rings. The molecule has 0 aromatic heterocycles. The number of hydrogen-bond acceptors (Lipinski definition) is 0. The lowest BCUT2D eigenvalue weighted by Crippen LogP contribution is -2.13. The van der Waals surface area contributed by atoms with Crippen LogP contribution < -0.4 is 0 Å². The fourth-order valence-corrected chi connectivity index (χ4v) is 3.14. The SMILES string of the molecule is CC(C)C1=CC(C(C)C)C(C(C)C)=C1C(C)C. The van der Waals surface area contributed by atoms with E-state index in [-0.39, 0.29) is 0 Å². The highest BCUT2D eigenvalue weighted by molar-refractivity contribution is 5.47. The summed E-state index contributed by atoms with van der Waals surface area (Å²) >= 11 is 0. The van der Waals surface area contributed by atoms with Crippen molar-refractivity contribution in [1.82, 2.24) is 0 Å². The van der Waals surface area contributed by atoms with E-state index in [2.05, 4.69) is 61.5 Å². The van der Waals surface area contributed by atoms with E-state index >= 15 is 0 Å². The van der Waals surface area contributed by atoms with Gasteiger partial charge in [-0.2, -0.15) is 0 Å². The van der Waals surface area contributed by atoms with Crippen molar-refractivity contribution in [3.63, 3.8) is 0 Å². The normalized spacial score (nSPS) is 21.4. The Balaban J connectivity index is 3.30. The fourth-order valence-electron chi connectivity index (χ4n) is 3.14. The minimum absolute atomic E-state index is 0.657. The molecule has 0 aromatic rings. The van der Waals surface area contributed by atoms with Crippen molar-refractivity contribution < 1.29 is 0 Å². The van der Waals surface area contributed by atoms with Crippen molar-refractivity contribution in [3.8, 4) is 0 Å². The largest absolute Gasteiger partial charge is 0.0733 e. The molecule has 1 rings (SSSR count). The Kier molecular flexibility index (Phi) is 4.63. The van der Waals surface area contributed by atoms with Gasteiger partial charge in [0.2, 0.25) is 0 Å². The summed E-state index contributed by atoms with van der Waals surface area (Å²) in [4.78, 5) is 0. The van der Waals surface area contributed by atoms with E-state index in [1.807, 2.05) is 0 Å². The lowest BCUT2D eigenvalue weighted by atomic mass is 9.81. The molecule has 1 aliphatic rings. The van der Waals surface area contributed by atoms with E-state index in [4.69, 9.17) is 0 Å². The Bertz CT molecular complexity index is 324. The second-order valence-corrected chi connectivity index (χ2v) is 6.72. The molecule has 0 amide bonds. The van der Waals surface area contributed by atoms with E-state index in [9.17, 15) is 0 Å². The monoisotopic (exact) mass is 234 g/mol. The minimum atomic E-state index is 0.657. The van der Waals surface area contributed by atoms with E-state index in [1.165, 1.54) is 0 Å². The highest BCUT2D eigenvalue weighted by Crippen LogP contribution is 2.44. The van der Waals surface area contributed by atoms with Crippen LogP contribution in [0.15, 0.2) is 22.8 Å². The second kappa shape index (κ2) is 5.42. The molecule has 17 heavy (non-hydrogen) atoms. The van der Waals surface area contributed by atoms with Crippen LogP contribution in [0.1, 0.15) is 55.4 Å². The van der Waals surface area contributed by atoms with Crippen LogP contribution in [0.25, 0.3) is 0 Å². The van der Waals surface area contributed by atoms with Gasteiger partial charge in [-0.25, -0.2) is 0 Å². The van der Waals surface area contributed by atoms with E-state index in [1.54, 1.807) is 16.7 Å². The molecule has 0 nitrogen and oxygen atoms in total. The smallest absolute Gasteiger partial charge is 0.00144 e. The van der Waals surface area contributed by atoms with Crippen LogP contribution in [0.4, 0.5) is 0 Å². The van der Waals surface area contributed by atoms with Gasteiger partial charge in [0.05, 0.1) is 0 Å². The number of rotatable bonds is 4. The summed E-state index contributed by atoms with van der Waals surface area (Å²) in [5.41, 5.74) is 4.98. The van der Waals surface area contributed by atoms with Gasteiger partial charge >= 0.3 is 0 Å². The van der Waals surface area contributed by atoms with Crippen molar-refractivity contribution in [2.75, 3.05) is 0 Å². The van der Waals surface area contributed by atoms with E-state index in [0.29, 0.717) is 23.7 Å². The standard InChI is InChI=1S/C17H30/c1-10(2)14-9-15(11(3)4)17(13(7)8)16(14)12(5)6/h9-14H,1-8H3. The summed E-state index contributed by atoms with van der Waals surface area (Å²) in [7, 11) is 0. The van der Waals surface area contributed by atoms with Gasteiger partial charge in [0.15, 0.2) is 0 Å². The molecule has 0 aliphatic heterocycles. The van der Waals surface area contributed by atoms with Gasteiger partial charge in [-0.05, 0) is 34.8 Å². The van der Waals surface area contributed by atoms with Crippen LogP contribution in [0.2, 0.25) is 0 Å². The van der Waals surface area contributed by atoms with Gasteiger partial charge in [0.25, 0.3) is 0 Å². The first-order valence-electron chi connectivity index (χ1n) is 7.23. The Labute approximate surface area is 108 Å². The Hall–Kier alpha value is -0.520. The highest BCUT2D eigenvalue weighted by Gasteiger charge is 2.31. The van der Waals surface area contributed by atoms with Gasteiger partial charge in [-0.3, -0.25) is 0 Å². The molecule has 0 heterocycles. The lowest BCUT2D eigenvalue weighted by Gasteiger charge is -2.24. The Morgan fingerprint density at radius 3 is 1.59 bits per heavy atom. The van der Waals surface area contributed by atoms with Gasteiger partial charge < -0.3 is 0 Å². The lowest BCUT2D eigenvalue weighted by molar-refractivity contribution is 0.485. The third-order valence-corrected chi connectivity index (χ3v) is 3.88. The molecular formula is C17H30. The minimum Gasteiger partial charge on any atom is -0.0733 e. The first kappa shape index (κ1) is 14.5. The molecule has 0 bridgehead atoms. The molecule has 1 atom stereocenters. The average Bonchev–Trinajstić information content (AvgIpc) is 2.56. The van der Waals surface area contributed by atoms with Crippen LogP contribution >= 0.6 is 0 Å². The predicted molar refractivity (Wildman–Crippen MR) is 78.0 cm³/mol. The number of hydrogen-bond donors (Lipinski definition) is 0. The zero-order valence-corrected chi connectivity index (χ0v) is 13.0. The Morgan fingerprint density at radius 1 is 0.765 bits per heavy atom. The molecule has 0 aromatic carbocycles. The molecule has 1 unspecified atom stereocenters. The van der Waals surface area contributed by atoms with Crippen LogP contribution in [0, 0.1) is 29.6 Å². The van der Waals surface area contributed by atoms with Crippen molar-refractivity contribution in [2.45, 2.75) is 55.4 Å². The zero-order valence-electron chi connectivity index (χ0n) is 13.0. The summed E-state index contributed by atoms with van der Waals surface area (Å²) in [6.07, 6.45) is 2.56. The fraction of sp³-hybridized carbons (Fsp3) is 0.765. The van der Waals surface area contributed by atoms with Crippen molar-refractivity contribution >= 4 is 0 Å². The van der Waals surface area contributed by atoms with E-state index in [0.717, 1.165) is 5.92 Å². The molecule has 0 saturated carbocycles. The summed E-state index contributed by atoms with van der Waals surface area (Å²) in [6.45, 7) is 18.8. The van der Waals surface area contributed by atoms with Crippen LogP contribution in [0.3, 0.4) is 0 Å². The van der Waals surface area contributed by atoms with Gasteiger partial charge in [-0.1, -0.05) is 67.0 Å². The molecule has 98 valence electrons. The molecule has 0 radical (unpaired) electrons. The maximum Gasteiger partial charge on any atom is 0.00144 e. The summed E-state index contributed by atoms with van der Waals surface area (Å²) in [5, 5.41) is 0. The maximum absolute atomic E-state index is 2.56. The molecule has 0 saturated heterocycles. The molecule has 0 N–H and O–H groups in total. The molecule has 0 spiro atoms. The highest BCUT2D eigenvalue weighted by atomic mass is 14.4. The van der Waals surface area contributed by atoms with Crippen molar-refractivity contribution in [1.29, 1.82) is 0 Å². The first-order valence-corrected chi connectivity index (χ1v) is 7.23. The van der Waals surface area contributed by atoms with Crippen molar-refractivity contribution in [2.24, 2.45) is 29.6 Å². The average molecular weight is 234 g/mol. The van der Waals surface area contributed by atoms with E-state index < -0.39 is 0 Å². The zero-order chi connectivity index (χ0) is 13.3. The molecular weight excluding hydrogens is 204 g/mol. The molecule has 0 heteroatoms. The summed E-state index contributed by atoms with van der Waals surface area (Å²) < 4.78 is 0. The van der Waals surface area contributed by atoms with Crippen LogP contribution in [-0.4, -0.2) is 0 Å². The maximum atomic E-state index is 2.56. The second-order valence-electron chi connectivity index (χ2n) is 6.72. The summed E-state index contributed by atoms with van der Waals surface area (Å²) in [5.74, 6) is 3.38. The molecule has 1 aliphatic carbocycles. The van der Waals surface area contributed by atoms with Crippen molar-refractivity contribution in [3.05, 3.63) is 22.8 Å². The third kappa shape index (κ3) is 2.84. The summed E-state index contributed by atoms with van der Waals surface area (Å²) in [6, 6.07) is 0. The van der Waals surface area contributed by atoms with Gasteiger partial charge in [0.1, 0.15) is 0 Å². The number of allylic oxidation sites excluding steroid dienone is 4. The van der Waals surface area contributed by atoms with Crippen LogP contribution in [-0.2, 0) is 0 Å². The predicted octanol–water partition coefficient (Wildman–Crippen LogP) is 5.46. The first-order chi connectivity index (χ1) is 7.77. The van der Waals surface area contributed by atoms with Gasteiger partial charge in [0, 0.05) is 5.92 Å². The topological polar surface area (TPSA) is 0 Å². The van der Waals surface area contributed by atoms with Gasteiger partial charge in [-0.15, -0.1) is 0 Å². The third-order valence-electron chi connectivity index (χ3n) is 3.88. The quantitative estimate of drug-likeness (QED) is 0.605. The van der Waals surface area contributed by atoms with Crippen LogP contribution in [0.5, 0.6) is 0 Å². The Morgan fingerprint density at radius 2 is 1.29 bits per heavy atom.